The second-order valence-corrected chi connectivity index (χ2v) is 6.47. The first-order valence-electron chi connectivity index (χ1n) is 8.73. The van der Waals surface area contributed by atoms with E-state index in [9.17, 15) is 30.0 Å². The number of carboxylic acids is 1. The van der Waals surface area contributed by atoms with Gasteiger partial charge in [0.2, 0.25) is 0 Å². The average molecular weight is 368 g/mol. The Morgan fingerprint density at radius 3 is 2.50 bits per heavy atom. The minimum Gasteiger partial charge on any atom is -0.478 e. The van der Waals surface area contributed by atoms with E-state index < -0.39 is 42.6 Å². The topological polar surface area (TPSA) is 135 Å². The number of hydrogen-bond acceptors (Lipinski definition) is 6. The molecule has 4 atom stereocenters. The van der Waals surface area contributed by atoms with Crippen molar-refractivity contribution in [3.8, 4) is 0 Å². The van der Waals surface area contributed by atoms with Crippen LogP contribution in [0.25, 0.3) is 0 Å². The number of aliphatic hydroxyl groups is 4. The third-order valence-corrected chi connectivity index (χ3v) is 4.65. The van der Waals surface area contributed by atoms with Crippen molar-refractivity contribution < 1.29 is 35.1 Å². The lowest BCUT2D eigenvalue weighted by atomic mass is 9.77. The second kappa shape index (κ2) is 10.4. The molecule has 0 spiro atoms. The van der Waals surface area contributed by atoms with Crippen molar-refractivity contribution in [2.45, 2.75) is 57.8 Å². The number of hydrogen-bond donors (Lipinski definition) is 5. The van der Waals surface area contributed by atoms with Crippen LogP contribution in [0.5, 0.6) is 0 Å². The zero-order chi connectivity index (χ0) is 19.9. The number of allylic oxidation sites excluding steroid dienone is 4. The predicted octanol–water partition coefficient (Wildman–Crippen LogP) is 0.724. The van der Waals surface area contributed by atoms with Crippen LogP contribution in [0.15, 0.2) is 34.9 Å². The molecule has 0 heterocycles. The number of aliphatic hydroxyl groups excluding tert-OH is 4. The van der Waals surface area contributed by atoms with Gasteiger partial charge in [0, 0.05) is 11.1 Å². The van der Waals surface area contributed by atoms with Crippen molar-refractivity contribution in [2.24, 2.45) is 5.92 Å². The lowest BCUT2D eigenvalue weighted by Crippen LogP contribution is -2.45. The quantitative estimate of drug-likeness (QED) is 0.378. The van der Waals surface area contributed by atoms with Crippen molar-refractivity contribution in [2.75, 3.05) is 6.61 Å². The fourth-order valence-electron chi connectivity index (χ4n) is 2.80. The minimum atomic E-state index is -1.42. The molecule has 0 saturated heterocycles. The standard InChI is InChI=1S/C19H28O7/c1-3-12(21)6-4-5-7-13-15(10-20)18(24)17(23)14(16(13)22)9-8-11(2)19(25)26/h5,7-8,12,14,17-18,20-21,23-24H,3-4,6,9-10H2,1-2H3,(H,25,26)/b7-5+,11-8+/t12?,14-,17-,18+/m0/s1. The monoisotopic (exact) mass is 368 g/mol. The number of rotatable bonds is 9. The lowest BCUT2D eigenvalue weighted by Gasteiger charge is -2.33. The fourth-order valence-corrected chi connectivity index (χ4v) is 2.80. The summed E-state index contributed by atoms with van der Waals surface area (Å²) in [5, 5.41) is 48.4. The summed E-state index contributed by atoms with van der Waals surface area (Å²) >= 11 is 0. The Morgan fingerprint density at radius 1 is 1.31 bits per heavy atom. The molecule has 1 aliphatic rings. The van der Waals surface area contributed by atoms with Crippen LogP contribution in [0.2, 0.25) is 0 Å². The van der Waals surface area contributed by atoms with Crippen molar-refractivity contribution in [3.05, 3.63) is 34.9 Å². The first-order chi connectivity index (χ1) is 12.2. The molecule has 0 radical (unpaired) electrons. The second-order valence-electron chi connectivity index (χ2n) is 6.47. The summed E-state index contributed by atoms with van der Waals surface area (Å²) in [4.78, 5) is 23.6. The molecule has 1 aliphatic carbocycles. The summed E-state index contributed by atoms with van der Waals surface area (Å²) in [5.74, 6) is -2.56. The zero-order valence-electron chi connectivity index (χ0n) is 15.1. The number of carboxylic acid groups (broad SMARTS) is 1. The van der Waals surface area contributed by atoms with E-state index in [-0.39, 0.29) is 23.1 Å². The first kappa shape index (κ1) is 22.2. The van der Waals surface area contributed by atoms with E-state index in [1.54, 1.807) is 6.08 Å². The van der Waals surface area contributed by atoms with Gasteiger partial charge in [0.1, 0.15) is 6.10 Å². The Kier molecular flexibility index (Phi) is 8.87. The third-order valence-electron chi connectivity index (χ3n) is 4.65. The molecule has 7 nitrogen and oxygen atoms in total. The van der Waals surface area contributed by atoms with Crippen LogP contribution >= 0.6 is 0 Å². The van der Waals surface area contributed by atoms with Crippen LogP contribution in [0.1, 0.15) is 39.5 Å². The van der Waals surface area contributed by atoms with Gasteiger partial charge >= 0.3 is 5.97 Å². The molecule has 146 valence electrons. The first-order valence-corrected chi connectivity index (χ1v) is 8.73. The lowest BCUT2D eigenvalue weighted by molar-refractivity contribution is -0.133. The number of ketones is 1. The molecule has 0 aromatic carbocycles. The highest BCUT2D eigenvalue weighted by atomic mass is 16.4. The maximum absolute atomic E-state index is 12.7. The highest BCUT2D eigenvalue weighted by Crippen LogP contribution is 2.31. The highest BCUT2D eigenvalue weighted by Gasteiger charge is 2.40. The van der Waals surface area contributed by atoms with Gasteiger partial charge in [0.25, 0.3) is 0 Å². The molecule has 0 aromatic rings. The van der Waals surface area contributed by atoms with Gasteiger partial charge in [-0.15, -0.1) is 0 Å². The highest BCUT2D eigenvalue weighted by molar-refractivity contribution is 6.02. The van der Waals surface area contributed by atoms with E-state index in [1.807, 2.05) is 6.92 Å². The molecule has 0 bridgehead atoms. The van der Waals surface area contributed by atoms with Gasteiger partial charge in [-0.05, 0) is 38.2 Å². The number of carbonyl (C=O) groups excluding carboxylic acids is 1. The van der Waals surface area contributed by atoms with E-state index >= 15 is 0 Å². The van der Waals surface area contributed by atoms with E-state index in [2.05, 4.69) is 0 Å². The Morgan fingerprint density at radius 2 is 1.96 bits per heavy atom. The summed E-state index contributed by atoms with van der Waals surface area (Å²) in [7, 11) is 0. The van der Waals surface area contributed by atoms with E-state index in [0.717, 1.165) is 0 Å². The van der Waals surface area contributed by atoms with E-state index in [4.69, 9.17) is 5.11 Å². The molecule has 0 saturated carbocycles. The Bertz CT molecular complexity index is 603. The summed E-state index contributed by atoms with van der Waals surface area (Å²) in [6.07, 6.45) is 2.90. The zero-order valence-corrected chi connectivity index (χ0v) is 15.1. The van der Waals surface area contributed by atoms with Gasteiger partial charge in [-0.25, -0.2) is 4.79 Å². The van der Waals surface area contributed by atoms with Gasteiger partial charge in [0.05, 0.1) is 24.7 Å². The van der Waals surface area contributed by atoms with Gasteiger partial charge in [-0.3, -0.25) is 4.79 Å². The number of carbonyl (C=O) groups is 2. The van der Waals surface area contributed by atoms with Crippen molar-refractivity contribution in [1.29, 1.82) is 0 Å². The van der Waals surface area contributed by atoms with Crippen LogP contribution in [-0.2, 0) is 9.59 Å². The summed E-state index contributed by atoms with van der Waals surface area (Å²) in [5.41, 5.74) is 0.217. The molecule has 1 rings (SSSR count). The smallest absolute Gasteiger partial charge is 0.330 e. The fraction of sp³-hybridized carbons (Fsp3) is 0.579. The van der Waals surface area contributed by atoms with Gasteiger partial charge in [-0.2, -0.15) is 0 Å². The van der Waals surface area contributed by atoms with Crippen LogP contribution in [0.3, 0.4) is 0 Å². The molecule has 7 heteroatoms. The van der Waals surface area contributed by atoms with Crippen molar-refractivity contribution in [1.82, 2.24) is 0 Å². The molecule has 0 amide bonds. The van der Waals surface area contributed by atoms with Gasteiger partial charge < -0.3 is 25.5 Å². The van der Waals surface area contributed by atoms with E-state index in [0.29, 0.717) is 19.3 Å². The summed E-state index contributed by atoms with van der Waals surface area (Å²) in [6, 6.07) is 0. The van der Waals surface area contributed by atoms with Crippen LogP contribution in [0, 0.1) is 5.92 Å². The van der Waals surface area contributed by atoms with Crippen molar-refractivity contribution in [3.63, 3.8) is 0 Å². The molecule has 26 heavy (non-hydrogen) atoms. The predicted molar refractivity (Wildman–Crippen MR) is 95.3 cm³/mol. The average Bonchev–Trinajstić information content (AvgIpc) is 2.61. The van der Waals surface area contributed by atoms with Crippen LogP contribution < -0.4 is 0 Å². The molecule has 5 N–H and O–H groups in total. The van der Waals surface area contributed by atoms with Crippen molar-refractivity contribution >= 4 is 11.8 Å². The summed E-state index contributed by atoms with van der Waals surface area (Å²) < 4.78 is 0. The molecule has 0 aromatic heterocycles. The minimum absolute atomic E-state index is 0.0280. The van der Waals surface area contributed by atoms with Crippen LogP contribution in [0.4, 0.5) is 0 Å². The molecular formula is C19H28O7. The number of aliphatic carboxylic acids is 1. The number of Topliss-reactive ketones (excluding diaryl/α,β-unsaturated/α-hetero) is 1. The molecule has 0 fully saturated rings. The Hall–Kier alpha value is -1.80. The largest absolute Gasteiger partial charge is 0.478 e. The third kappa shape index (κ3) is 5.60. The molecular weight excluding hydrogens is 340 g/mol. The SMILES string of the molecule is CCC(O)CC/C=C/C1=C(CO)[C@@H](O)[C@@H](O)[C@@H](C/C=C(\C)C(=O)O)C1=O. The van der Waals surface area contributed by atoms with Gasteiger partial charge in [-0.1, -0.05) is 25.2 Å². The Balaban J connectivity index is 3.02. The molecule has 1 unspecified atom stereocenters. The van der Waals surface area contributed by atoms with E-state index in [1.165, 1.54) is 19.1 Å². The Labute approximate surface area is 153 Å². The maximum Gasteiger partial charge on any atom is 0.330 e. The molecule has 0 aliphatic heterocycles. The maximum atomic E-state index is 12.7. The van der Waals surface area contributed by atoms with Gasteiger partial charge in [0.15, 0.2) is 5.78 Å². The van der Waals surface area contributed by atoms with Crippen LogP contribution in [-0.4, -0.2) is 62.2 Å². The summed E-state index contributed by atoms with van der Waals surface area (Å²) in [6.45, 7) is 2.67. The normalized spacial score (nSPS) is 25.8.